The van der Waals surface area contributed by atoms with Gasteiger partial charge in [-0.3, -0.25) is 14.9 Å². The Bertz CT molecular complexity index is 809. The second-order valence-electron chi connectivity index (χ2n) is 5.72. The number of carbonyl (C=O) groups is 1. The van der Waals surface area contributed by atoms with Crippen molar-refractivity contribution in [2.24, 2.45) is 0 Å². The lowest BCUT2D eigenvalue weighted by Crippen LogP contribution is -2.20. The van der Waals surface area contributed by atoms with E-state index in [1.54, 1.807) is 31.1 Å². The molecule has 8 nitrogen and oxygen atoms in total. The number of nitro benzene ring substituents is 1. The van der Waals surface area contributed by atoms with Gasteiger partial charge in [-0.25, -0.2) is 9.97 Å². The Labute approximate surface area is 149 Å². The maximum Gasteiger partial charge on any atom is 0.310 e. The highest BCUT2D eigenvalue weighted by Gasteiger charge is 2.25. The number of hydrogen-bond donors (Lipinski definition) is 1. The van der Waals surface area contributed by atoms with Crippen molar-refractivity contribution in [2.45, 2.75) is 19.3 Å². The summed E-state index contributed by atoms with van der Waals surface area (Å²) in [5.41, 5.74) is 1.14. The number of non-ortho nitro benzene ring substituents is 1. The molecule has 0 fully saturated rings. The lowest BCUT2D eigenvalue weighted by molar-refractivity contribution is -0.384. The minimum Gasteiger partial charge on any atom is -0.481 e. The van der Waals surface area contributed by atoms with Crippen LogP contribution >= 0.6 is 11.6 Å². The SMILES string of the molecule is CC(C(=O)O)c1c(Cl)nc(Cc2ccc([N+](=O)[O-])cc2)nc1N(C)C. The Kier molecular flexibility index (Phi) is 5.53. The zero-order valence-electron chi connectivity index (χ0n) is 13.9. The van der Waals surface area contributed by atoms with Gasteiger partial charge in [0.05, 0.1) is 10.8 Å². The molecule has 1 unspecified atom stereocenters. The van der Waals surface area contributed by atoms with E-state index < -0.39 is 16.8 Å². The summed E-state index contributed by atoms with van der Waals surface area (Å²) in [4.78, 5) is 31.8. The van der Waals surface area contributed by atoms with Crippen LogP contribution in [-0.2, 0) is 11.2 Å². The lowest BCUT2D eigenvalue weighted by atomic mass is 10.0. The predicted molar refractivity (Wildman–Crippen MR) is 93.3 cm³/mol. The van der Waals surface area contributed by atoms with Crippen LogP contribution in [0.1, 0.15) is 29.8 Å². The van der Waals surface area contributed by atoms with Gasteiger partial charge in [-0.05, 0) is 12.5 Å². The van der Waals surface area contributed by atoms with E-state index in [1.165, 1.54) is 19.1 Å². The van der Waals surface area contributed by atoms with Gasteiger partial charge in [0.1, 0.15) is 16.8 Å². The van der Waals surface area contributed by atoms with Gasteiger partial charge >= 0.3 is 5.97 Å². The van der Waals surface area contributed by atoms with E-state index in [0.29, 0.717) is 23.6 Å². The van der Waals surface area contributed by atoms with E-state index in [4.69, 9.17) is 11.6 Å². The molecule has 132 valence electrons. The van der Waals surface area contributed by atoms with Crippen LogP contribution in [0.15, 0.2) is 24.3 Å². The fraction of sp³-hybridized carbons (Fsp3) is 0.312. The van der Waals surface area contributed by atoms with Gasteiger partial charge in [-0.15, -0.1) is 0 Å². The molecule has 0 saturated carbocycles. The Morgan fingerprint density at radius 3 is 2.40 bits per heavy atom. The number of carboxylic acid groups (broad SMARTS) is 1. The van der Waals surface area contributed by atoms with Crippen molar-refractivity contribution in [2.75, 3.05) is 19.0 Å². The molecule has 1 aromatic heterocycles. The van der Waals surface area contributed by atoms with Crippen LogP contribution in [0.3, 0.4) is 0 Å². The van der Waals surface area contributed by atoms with Gasteiger partial charge in [0.2, 0.25) is 0 Å². The Morgan fingerprint density at radius 1 is 1.32 bits per heavy atom. The number of aromatic nitrogens is 2. The number of anilines is 1. The molecule has 9 heteroatoms. The molecule has 0 saturated heterocycles. The van der Waals surface area contributed by atoms with Crippen LogP contribution < -0.4 is 4.90 Å². The van der Waals surface area contributed by atoms with E-state index in [0.717, 1.165) is 5.56 Å². The average Bonchev–Trinajstić information content (AvgIpc) is 2.54. The normalized spacial score (nSPS) is 11.8. The zero-order chi connectivity index (χ0) is 18.7. The molecule has 1 aromatic carbocycles. The minimum absolute atomic E-state index is 0.00214. The molecule has 1 N–H and O–H groups in total. The summed E-state index contributed by atoms with van der Waals surface area (Å²) < 4.78 is 0. The van der Waals surface area contributed by atoms with E-state index >= 15 is 0 Å². The maximum absolute atomic E-state index is 11.3. The van der Waals surface area contributed by atoms with Gasteiger partial charge in [-0.2, -0.15) is 0 Å². The van der Waals surface area contributed by atoms with Crippen molar-refractivity contribution >= 4 is 29.1 Å². The highest BCUT2D eigenvalue weighted by Crippen LogP contribution is 2.31. The van der Waals surface area contributed by atoms with Gasteiger partial charge in [0.25, 0.3) is 5.69 Å². The molecule has 2 aromatic rings. The van der Waals surface area contributed by atoms with Crippen molar-refractivity contribution in [3.63, 3.8) is 0 Å². The molecule has 0 amide bonds. The number of nitro groups is 1. The van der Waals surface area contributed by atoms with E-state index in [2.05, 4.69) is 9.97 Å². The minimum atomic E-state index is -1.02. The van der Waals surface area contributed by atoms with E-state index in [1.807, 2.05) is 0 Å². The highest BCUT2D eigenvalue weighted by atomic mass is 35.5. The number of benzene rings is 1. The van der Waals surface area contributed by atoms with Crippen LogP contribution in [0.2, 0.25) is 5.15 Å². The lowest BCUT2D eigenvalue weighted by Gasteiger charge is -2.20. The molecule has 1 heterocycles. The van der Waals surface area contributed by atoms with Gasteiger partial charge in [-0.1, -0.05) is 23.7 Å². The number of rotatable bonds is 6. The number of carboxylic acids is 1. The summed E-state index contributed by atoms with van der Waals surface area (Å²) in [7, 11) is 3.48. The van der Waals surface area contributed by atoms with Crippen LogP contribution in [0.5, 0.6) is 0 Å². The Balaban J connectivity index is 2.39. The third kappa shape index (κ3) is 4.21. The van der Waals surface area contributed by atoms with Crippen molar-refractivity contribution < 1.29 is 14.8 Å². The second kappa shape index (κ2) is 7.43. The van der Waals surface area contributed by atoms with Gasteiger partial charge < -0.3 is 10.0 Å². The summed E-state index contributed by atoms with van der Waals surface area (Å²) in [6, 6.07) is 6.06. The quantitative estimate of drug-likeness (QED) is 0.476. The predicted octanol–water partition coefficient (Wildman–Crippen LogP) is 2.88. The van der Waals surface area contributed by atoms with Crippen LogP contribution in [0.25, 0.3) is 0 Å². The number of hydrogen-bond acceptors (Lipinski definition) is 6. The van der Waals surface area contributed by atoms with E-state index in [-0.39, 0.29) is 10.8 Å². The molecule has 0 aliphatic heterocycles. The standard InChI is InChI=1S/C16H17ClN4O4/c1-9(16(22)23)13-14(17)18-12(19-15(13)20(2)3)8-10-4-6-11(7-5-10)21(24)25/h4-7,9H,8H2,1-3H3,(H,22,23). The number of halogens is 1. The zero-order valence-corrected chi connectivity index (χ0v) is 14.7. The van der Waals surface area contributed by atoms with Crippen molar-refractivity contribution in [3.8, 4) is 0 Å². The first kappa shape index (κ1) is 18.6. The second-order valence-corrected chi connectivity index (χ2v) is 6.08. The topological polar surface area (TPSA) is 109 Å². The van der Waals surface area contributed by atoms with Crippen molar-refractivity contribution in [1.82, 2.24) is 9.97 Å². The molecule has 0 radical (unpaired) electrons. The highest BCUT2D eigenvalue weighted by molar-refractivity contribution is 6.30. The summed E-state index contributed by atoms with van der Waals surface area (Å²) >= 11 is 6.22. The average molecular weight is 365 g/mol. The first-order chi connectivity index (χ1) is 11.7. The van der Waals surface area contributed by atoms with Crippen molar-refractivity contribution in [1.29, 1.82) is 0 Å². The molecule has 25 heavy (non-hydrogen) atoms. The summed E-state index contributed by atoms with van der Waals surface area (Å²) in [6.07, 6.45) is 0.320. The molecule has 2 rings (SSSR count). The molecule has 0 aliphatic rings. The fourth-order valence-electron chi connectivity index (χ4n) is 2.31. The third-order valence-corrected chi connectivity index (χ3v) is 3.95. The summed E-state index contributed by atoms with van der Waals surface area (Å²) in [6.45, 7) is 1.52. The monoisotopic (exact) mass is 364 g/mol. The Hall–Kier alpha value is -2.74. The smallest absolute Gasteiger partial charge is 0.310 e. The maximum atomic E-state index is 11.3. The molecule has 1 atom stereocenters. The first-order valence-electron chi connectivity index (χ1n) is 7.40. The van der Waals surface area contributed by atoms with Crippen molar-refractivity contribution in [3.05, 3.63) is 56.5 Å². The number of aliphatic carboxylic acids is 1. The third-order valence-electron chi connectivity index (χ3n) is 3.66. The van der Waals surface area contributed by atoms with Crippen LogP contribution in [0, 0.1) is 10.1 Å². The molecule has 0 bridgehead atoms. The number of nitrogens with zero attached hydrogens (tertiary/aromatic N) is 4. The molecular formula is C16H17ClN4O4. The molecule has 0 aliphatic carbocycles. The fourth-order valence-corrected chi connectivity index (χ4v) is 2.65. The van der Waals surface area contributed by atoms with Crippen LogP contribution in [0.4, 0.5) is 11.5 Å². The Morgan fingerprint density at radius 2 is 1.92 bits per heavy atom. The largest absolute Gasteiger partial charge is 0.481 e. The molecular weight excluding hydrogens is 348 g/mol. The first-order valence-corrected chi connectivity index (χ1v) is 7.78. The van der Waals surface area contributed by atoms with E-state index in [9.17, 15) is 20.0 Å². The summed E-state index contributed by atoms with van der Waals surface area (Å²) in [5, 5.41) is 20.0. The van der Waals surface area contributed by atoms with Crippen LogP contribution in [-0.4, -0.2) is 40.1 Å². The summed E-state index contributed by atoms with van der Waals surface area (Å²) in [5.74, 6) is -1.02. The van der Waals surface area contributed by atoms with Gasteiger partial charge in [0, 0.05) is 38.2 Å². The molecule has 0 spiro atoms. The van der Waals surface area contributed by atoms with Gasteiger partial charge in [0.15, 0.2) is 0 Å².